The van der Waals surface area contributed by atoms with Crippen LogP contribution in [0.3, 0.4) is 0 Å². The Morgan fingerprint density at radius 1 is 1.30 bits per heavy atom. The number of nitrogens with zero attached hydrogens (tertiary/aromatic N) is 1. The number of aryl methyl sites for hydroxylation is 1. The molecule has 1 aromatic rings. The van der Waals surface area contributed by atoms with Crippen LogP contribution in [0.1, 0.15) is 36.3 Å². The molecule has 0 aromatic heterocycles. The van der Waals surface area contributed by atoms with E-state index in [1.165, 1.54) is 16.0 Å². The summed E-state index contributed by atoms with van der Waals surface area (Å²) in [7, 11) is 0. The Morgan fingerprint density at radius 3 is 2.91 bits per heavy atom. The molecule has 1 fully saturated rings. The van der Waals surface area contributed by atoms with Gasteiger partial charge >= 0.3 is 0 Å². The number of amides is 3. The van der Waals surface area contributed by atoms with Crippen molar-refractivity contribution >= 4 is 28.8 Å². The zero-order valence-corrected chi connectivity index (χ0v) is 13.7. The van der Waals surface area contributed by atoms with E-state index in [0.717, 1.165) is 31.0 Å². The summed E-state index contributed by atoms with van der Waals surface area (Å²) in [6, 6.07) is 8.33. The molecular weight excluding hydrogens is 312 g/mol. The van der Waals surface area contributed by atoms with Crippen molar-refractivity contribution < 1.29 is 14.4 Å². The van der Waals surface area contributed by atoms with Gasteiger partial charge in [0, 0.05) is 19.5 Å². The molecule has 3 amide bonds. The van der Waals surface area contributed by atoms with Gasteiger partial charge in [-0.05, 0) is 36.3 Å². The van der Waals surface area contributed by atoms with E-state index >= 15 is 0 Å². The minimum absolute atomic E-state index is 0.0153. The van der Waals surface area contributed by atoms with E-state index in [1.54, 1.807) is 0 Å². The lowest BCUT2D eigenvalue weighted by atomic mass is 9.81. The Labute approximate surface area is 139 Å². The van der Waals surface area contributed by atoms with E-state index in [4.69, 9.17) is 0 Å². The molecule has 122 valence electrons. The highest BCUT2D eigenvalue weighted by molar-refractivity contribution is 8.14. The minimum atomic E-state index is -0.217. The number of nitrogens with one attached hydrogen (secondary N) is 1. The van der Waals surface area contributed by atoms with Gasteiger partial charge in [0.1, 0.15) is 0 Å². The molecule has 6 heteroatoms. The minimum Gasteiger partial charge on any atom is -0.354 e. The highest BCUT2D eigenvalue weighted by atomic mass is 32.2. The molecule has 0 spiro atoms. The first-order valence-electron chi connectivity index (χ1n) is 7.97. The predicted octanol–water partition coefficient (Wildman–Crippen LogP) is 2.31. The maximum atomic E-state index is 12.2. The standard InChI is InChI=1S/C17H20N2O3S/c20-15(18-8-9-19-16(21)11-23-17(19)22)10-13-6-3-5-12-4-1-2-7-14(12)13/h1-2,4,7,13H,3,5-6,8-11H2,(H,18,20)/t13-/m0/s1. The lowest BCUT2D eigenvalue weighted by Crippen LogP contribution is -2.37. The van der Waals surface area contributed by atoms with Crippen LogP contribution < -0.4 is 5.32 Å². The molecule has 5 nitrogen and oxygen atoms in total. The molecule has 0 bridgehead atoms. The van der Waals surface area contributed by atoms with Crippen LogP contribution in [0.4, 0.5) is 4.79 Å². The largest absolute Gasteiger partial charge is 0.354 e. The van der Waals surface area contributed by atoms with Crippen molar-refractivity contribution in [3.63, 3.8) is 0 Å². The van der Waals surface area contributed by atoms with E-state index in [-0.39, 0.29) is 35.3 Å². The number of hydrogen-bond donors (Lipinski definition) is 1. The second-order valence-corrected chi connectivity index (χ2v) is 6.87. The molecule has 1 atom stereocenters. The van der Waals surface area contributed by atoms with Crippen molar-refractivity contribution in [2.75, 3.05) is 18.8 Å². The van der Waals surface area contributed by atoms with Crippen molar-refractivity contribution in [3.8, 4) is 0 Å². The molecule has 3 rings (SSSR count). The average molecular weight is 332 g/mol. The van der Waals surface area contributed by atoms with Crippen LogP contribution >= 0.6 is 11.8 Å². The number of imide groups is 1. The molecule has 23 heavy (non-hydrogen) atoms. The molecule has 1 aromatic carbocycles. The van der Waals surface area contributed by atoms with Crippen LogP contribution in [0.15, 0.2) is 24.3 Å². The van der Waals surface area contributed by atoms with Gasteiger partial charge in [-0.1, -0.05) is 36.0 Å². The van der Waals surface area contributed by atoms with Crippen LogP contribution in [-0.4, -0.2) is 40.8 Å². The first-order valence-corrected chi connectivity index (χ1v) is 8.95. The molecule has 1 aliphatic carbocycles. The smallest absolute Gasteiger partial charge is 0.288 e. The monoisotopic (exact) mass is 332 g/mol. The number of fused-ring (bicyclic) bond motifs is 1. The summed E-state index contributed by atoms with van der Waals surface area (Å²) < 4.78 is 0. The van der Waals surface area contributed by atoms with Crippen LogP contribution in [0.2, 0.25) is 0 Å². The second-order valence-electron chi connectivity index (χ2n) is 5.94. The molecule has 0 radical (unpaired) electrons. The van der Waals surface area contributed by atoms with Gasteiger partial charge in [0.15, 0.2) is 0 Å². The number of carbonyl (C=O) groups excluding carboxylic acids is 3. The highest BCUT2D eigenvalue weighted by Crippen LogP contribution is 2.33. The Hall–Kier alpha value is -1.82. The molecule has 0 saturated carbocycles. The van der Waals surface area contributed by atoms with E-state index in [1.807, 2.05) is 12.1 Å². The fourth-order valence-corrected chi connectivity index (χ4v) is 4.02. The lowest BCUT2D eigenvalue weighted by molar-refractivity contribution is -0.125. The maximum absolute atomic E-state index is 12.2. The Bertz CT molecular complexity index is 616. The normalized spacial score (nSPS) is 20.5. The Kier molecular flexibility index (Phi) is 5.00. The highest BCUT2D eigenvalue weighted by Gasteiger charge is 2.29. The number of thioether (sulfide) groups is 1. The maximum Gasteiger partial charge on any atom is 0.288 e. The van der Waals surface area contributed by atoms with E-state index in [0.29, 0.717) is 13.0 Å². The van der Waals surface area contributed by atoms with Gasteiger partial charge in [-0.25, -0.2) is 0 Å². The van der Waals surface area contributed by atoms with E-state index < -0.39 is 0 Å². The van der Waals surface area contributed by atoms with Gasteiger partial charge < -0.3 is 5.32 Å². The van der Waals surface area contributed by atoms with Crippen molar-refractivity contribution in [2.24, 2.45) is 0 Å². The lowest BCUT2D eigenvalue weighted by Gasteiger charge is -2.25. The summed E-state index contributed by atoms with van der Waals surface area (Å²) in [5.74, 6) is 0.297. The number of carbonyl (C=O) groups is 3. The van der Waals surface area contributed by atoms with Gasteiger partial charge in [-0.15, -0.1) is 0 Å². The number of benzene rings is 1. The first kappa shape index (κ1) is 16.1. The predicted molar refractivity (Wildman–Crippen MR) is 89.3 cm³/mol. The Balaban J connectivity index is 1.49. The SMILES string of the molecule is O=C(C[C@@H]1CCCc2ccccc21)NCCN1C(=O)CSC1=O. The summed E-state index contributed by atoms with van der Waals surface area (Å²) in [6.45, 7) is 0.586. The van der Waals surface area contributed by atoms with Gasteiger partial charge in [-0.2, -0.15) is 0 Å². The molecule has 1 heterocycles. The van der Waals surface area contributed by atoms with Crippen molar-refractivity contribution in [1.82, 2.24) is 10.2 Å². The van der Waals surface area contributed by atoms with Gasteiger partial charge in [0.05, 0.1) is 5.75 Å². The molecular formula is C17H20N2O3S. The zero-order valence-electron chi connectivity index (χ0n) is 12.9. The third-order valence-corrected chi connectivity index (χ3v) is 5.28. The van der Waals surface area contributed by atoms with Crippen molar-refractivity contribution in [2.45, 2.75) is 31.6 Å². The Morgan fingerprint density at radius 2 is 2.13 bits per heavy atom. The van der Waals surface area contributed by atoms with Crippen LogP contribution in [0.5, 0.6) is 0 Å². The van der Waals surface area contributed by atoms with Crippen molar-refractivity contribution in [3.05, 3.63) is 35.4 Å². The van der Waals surface area contributed by atoms with Crippen LogP contribution in [0, 0.1) is 0 Å². The first-order chi connectivity index (χ1) is 11.1. The molecule has 1 N–H and O–H groups in total. The summed E-state index contributed by atoms with van der Waals surface area (Å²) in [6.07, 6.45) is 3.70. The van der Waals surface area contributed by atoms with Crippen molar-refractivity contribution in [1.29, 1.82) is 0 Å². The van der Waals surface area contributed by atoms with E-state index in [2.05, 4.69) is 17.4 Å². The third kappa shape index (κ3) is 3.75. The quantitative estimate of drug-likeness (QED) is 0.898. The fourth-order valence-electron chi connectivity index (χ4n) is 3.27. The van der Waals surface area contributed by atoms with Crippen LogP contribution in [0.25, 0.3) is 0 Å². The molecule has 1 aliphatic heterocycles. The summed E-state index contributed by atoms with van der Waals surface area (Å²) in [5, 5.41) is 2.62. The van der Waals surface area contributed by atoms with Gasteiger partial charge in [0.25, 0.3) is 5.24 Å². The molecule has 0 unspecified atom stereocenters. The summed E-state index contributed by atoms with van der Waals surface area (Å²) in [5.41, 5.74) is 2.64. The van der Waals surface area contributed by atoms with E-state index in [9.17, 15) is 14.4 Å². The number of hydrogen-bond acceptors (Lipinski definition) is 4. The molecule has 2 aliphatic rings. The summed E-state index contributed by atoms with van der Waals surface area (Å²) in [4.78, 5) is 36.3. The third-order valence-electron chi connectivity index (χ3n) is 4.42. The second kappa shape index (κ2) is 7.17. The van der Waals surface area contributed by atoms with Crippen LogP contribution in [-0.2, 0) is 16.0 Å². The average Bonchev–Trinajstić information content (AvgIpc) is 2.87. The van der Waals surface area contributed by atoms with Gasteiger partial charge in [0.2, 0.25) is 11.8 Å². The zero-order chi connectivity index (χ0) is 16.2. The topological polar surface area (TPSA) is 66.5 Å². The van der Waals surface area contributed by atoms with Gasteiger partial charge in [-0.3, -0.25) is 19.3 Å². The fraction of sp³-hybridized carbons (Fsp3) is 0.471. The number of rotatable bonds is 5. The molecule has 1 saturated heterocycles. The summed E-state index contributed by atoms with van der Waals surface area (Å²) >= 11 is 1.02.